The molecule has 0 heterocycles. The van der Waals surface area contributed by atoms with E-state index in [0.29, 0.717) is 11.5 Å². The normalized spacial score (nSPS) is 11.9. The van der Waals surface area contributed by atoms with Crippen LogP contribution in [0.25, 0.3) is 0 Å². The molecule has 0 aliphatic rings. The standard InChI is InChI=1S/C18H27ClN2O4/c1-11(2)6-5-7-12(3)21-18(23)13-8-14(19)17(15(9-13)24-4)25-10-16(20)22/h8-9,11-12H,5-7,10H2,1-4H3,(H2,20,22)(H,21,23). The van der Waals surface area contributed by atoms with Crippen LogP contribution in [0.2, 0.25) is 5.02 Å². The molecule has 1 atom stereocenters. The molecule has 0 aromatic heterocycles. The molecule has 0 aliphatic heterocycles. The lowest BCUT2D eigenvalue weighted by Crippen LogP contribution is -2.32. The van der Waals surface area contributed by atoms with Gasteiger partial charge in [0.25, 0.3) is 11.8 Å². The van der Waals surface area contributed by atoms with E-state index in [1.807, 2.05) is 6.92 Å². The molecule has 0 aliphatic carbocycles. The molecule has 1 aromatic carbocycles. The smallest absolute Gasteiger partial charge is 0.255 e. The summed E-state index contributed by atoms with van der Waals surface area (Å²) < 4.78 is 10.5. The number of benzene rings is 1. The Labute approximate surface area is 154 Å². The Kier molecular flexibility index (Phi) is 8.55. The summed E-state index contributed by atoms with van der Waals surface area (Å²) in [5, 5.41) is 3.13. The van der Waals surface area contributed by atoms with Crippen LogP contribution in [0.3, 0.4) is 0 Å². The minimum absolute atomic E-state index is 0.0572. The van der Waals surface area contributed by atoms with Gasteiger partial charge in [-0.15, -0.1) is 0 Å². The molecular formula is C18H27ClN2O4. The van der Waals surface area contributed by atoms with Gasteiger partial charge in [0.15, 0.2) is 18.1 Å². The van der Waals surface area contributed by atoms with E-state index in [0.717, 1.165) is 19.3 Å². The summed E-state index contributed by atoms with van der Waals surface area (Å²) in [6.45, 7) is 6.01. The third kappa shape index (κ3) is 7.22. The molecule has 25 heavy (non-hydrogen) atoms. The lowest BCUT2D eigenvalue weighted by Gasteiger charge is -2.16. The van der Waals surface area contributed by atoms with Gasteiger partial charge in [-0.3, -0.25) is 9.59 Å². The first-order valence-corrected chi connectivity index (χ1v) is 8.71. The molecule has 6 nitrogen and oxygen atoms in total. The van der Waals surface area contributed by atoms with Crippen LogP contribution in [0.5, 0.6) is 11.5 Å². The van der Waals surface area contributed by atoms with Crippen molar-refractivity contribution in [3.63, 3.8) is 0 Å². The maximum Gasteiger partial charge on any atom is 0.255 e. The quantitative estimate of drug-likeness (QED) is 0.661. The van der Waals surface area contributed by atoms with Crippen molar-refractivity contribution < 1.29 is 19.1 Å². The number of rotatable bonds is 10. The van der Waals surface area contributed by atoms with E-state index < -0.39 is 5.91 Å². The number of carbonyl (C=O) groups is 2. The molecule has 2 amide bonds. The average Bonchev–Trinajstić information content (AvgIpc) is 2.52. The monoisotopic (exact) mass is 370 g/mol. The maximum absolute atomic E-state index is 12.4. The second kappa shape index (κ2) is 10.1. The van der Waals surface area contributed by atoms with E-state index in [1.165, 1.54) is 19.2 Å². The zero-order valence-electron chi connectivity index (χ0n) is 15.2. The van der Waals surface area contributed by atoms with Gasteiger partial charge in [-0.2, -0.15) is 0 Å². The van der Waals surface area contributed by atoms with E-state index >= 15 is 0 Å². The van der Waals surface area contributed by atoms with Crippen molar-refractivity contribution in [2.45, 2.75) is 46.1 Å². The van der Waals surface area contributed by atoms with Crippen LogP contribution in [-0.2, 0) is 4.79 Å². The number of nitrogens with two attached hydrogens (primary N) is 1. The maximum atomic E-state index is 12.4. The molecule has 0 radical (unpaired) electrons. The summed E-state index contributed by atoms with van der Waals surface area (Å²) in [5.74, 6) is 0.239. The Morgan fingerprint density at radius 2 is 1.92 bits per heavy atom. The third-order valence-corrected chi connectivity index (χ3v) is 3.93. The van der Waals surface area contributed by atoms with Crippen LogP contribution >= 0.6 is 11.6 Å². The van der Waals surface area contributed by atoms with Gasteiger partial charge in [0.2, 0.25) is 0 Å². The summed E-state index contributed by atoms with van der Waals surface area (Å²) in [6.07, 6.45) is 3.10. The molecule has 140 valence electrons. The minimum atomic E-state index is -0.629. The molecule has 0 saturated carbocycles. The highest BCUT2D eigenvalue weighted by molar-refractivity contribution is 6.32. The second-order valence-corrected chi connectivity index (χ2v) is 6.85. The van der Waals surface area contributed by atoms with Gasteiger partial charge in [-0.25, -0.2) is 0 Å². The zero-order valence-corrected chi connectivity index (χ0v) is 16.0. The average molecular weight is 371 g/mol. The molecule has 0 bridgehead atoms. The molecule has 1 unspecified atom stereocenters. The van der Waals surface area contributed by atoms with Crippen LogP contribution in [0.1, 0.15) is 50.4 Å². The number of amides is 2. The summed E-state index contributed by atoms with van der Waals surface area (Å²) in [7, 11) is 1.43. The number of primary amides is 1. The van der Waals surface area contributed by atoms with Gasteiger partial charge in [-0.05, 0) is 31.4 Å². The Morgan fingerprint density at radius 3 is 2.48 bits per heavy atom. The largest absolute Gasteiger partial charge is 0.493 e. The number of carbonyl (C=O) groups excluding carboxylic acids is 2. The van der Waals surface area contributed by atoms with Crippen molar-refractivity contribution in [1.29, 1.82) is 0 Å². The third-order valence-electron chi connectivity index (χ3n) is 3.65. The molecule has 3 N–H and O–H groups in total. The minimum Gasteiger partial charge on any atom is -0.493 e. The number of hydrogen-bond acceptors (Lipinski definition) is 4. The zero-order chi connectivity index (χ0) is 19.0. The number of methoxy groups -OCH3 is 1. The summed E-state index contributed by atoms with van der Waals surface area (Å²) in [4.78, 5) is 23.3. The first-order valence-electron chi connectivity index (χ1n) is 8.34. The Hall–Kier alpha value is -1.95. The molecule has 0 saturated heterocycles. The predicted molar refractivity (Wildman–Crippen MR) is 98.3 cm³/mol. The first-order chi connectivity index (χ1) is 11.7. The fourth-order valence-corrected chi connectivity index (χ4v) is 2.61. The predicted octanol–water partition coefficient (Wildman–Crippen LogP) is 3.16. The Bertz CT molecular complexity index is 605. The number of nitrogens with one attached hydrogen (secondary N) is 1. The topological polar surface area (TPSA) is 90.7 Å². The lowest BCUT2D eigenvalue weighted by atomic mass is 10.0. The van der Waals surface area contributed by atoms with E-state index in [2.05, 4.69) is 19.2 Å². The molecule has 1 aromatic rings. The van der Waals surface area contributed by atoms with Crippen molar-refractivity contribution in [2.75, 3.05) is 13.7 Å². The Balaban J connectivity index is 2.78. The van der Waals surface area contributed by atoms with Crippen molar-refractivity contribution in [1.82, 2.24) is 5.32 Å². The first kappa shape index (κ1) is 21.1. The van der Waals surface area contributed by atoms with Crippen molar-refractivity contribution in [3.8, 4) is 11.5 Å². The van der Waals surface area contributed by atoms with Crippen molar-refractivity contribution >= 4 is 23.4 Å². The highest BCUT2D eigenvalue weighted by Gasteiger charge is 2.17. The van der Waals surface area contributed by atoms with E-state index in [9.17, 15) is 9.59 Å². The van der Waals surface area contributed by atoms with Gasteiger partial charge in [0, 0.05) is 11.6 Å². The number of hydrogen-bond donors (Lipinski definition) is 2. The molecule has 7 heteroatoms. The summed E-state index contributed by atoms with van der Waals surface area (Å²) in [6, 6.07) is 3.07. The van der Waals surface area contributed by atoms with Crippen LogP contribution in [0.4, 0.5) is 0 Å². The SMILES string of the molecule is COc1cc(C(=O)NC(C)CCCC(C)C)cc(Cl)c1OCC(N)=O. The van der Waals surface area contributed by atoms with Crippen LogP contribution in [0, 0.1) is 5.92 Å². The summed E-state index contributed by atoms with van der Waals surface area (Å²) in [5.41, 5.74) is 5.43. The van der Waals surface area contributed by atoms with Gasteiger partial charge < -0.3 is 20.5 Å². The van der Waals surface area contributed by atoms with Crippen LogP contribution in [0.15, 0.2) is 12.1 Å². The fourth-order valence-electron chi connectivity index (χ4n) is 2.35. The van der Waals surface area contributed by atoms with Gasteiger partial charge in [-0.1, -0.05) is 38.3 Å². The number of ether oxygens (including phenoxy) is 2. The van der Waals surface area contributed by atoms with E-state index in [-0.39, 0.29) is 35.1 Å². The molecule has 0 fully saturated rings. The van der Waals surface area contributed by atoms with Crippen LogP contribution in [-0.4, -0.2) is 31.6 Å². The van der Waals surface area contributed by atoms with Crippen LogP contribution < -0.4 is 20.5 Å². The fraction of sp³-hybridized carbons (Fsp3) is 0.556. The second-order valence-electron chi connectivity index (χ2n) is 6.44. The number of halogens is 1. The van der Waals surface area contributed by atoms with Gasteiger partial charge in [0.1, 0.15) is 0 Å². The van der Waals surface area contributed by atoms with Crippen molar-refractivity contribution in [3.05, 3.63) is 22.7 Å². The lowest BCUT2D eigenvalue weighted by molar-refractivity contribution is -0.119. The highest BCUT2D eigenvalue weighted by Crippen LogP contribution is 2.36. The molecular weight excluding hydrogens is 344 g/mol. The van der Waals surface area contributed by atoms with E-state index in [1.54, 1.807) is 0 Å². The van der Waals surface area contributed by atoms with Crippen molar-refractivity contribution in [2.24, 2.45) is 11.7 Å². The van der Waals surface area contributed by atoms with E-state index in [4.69, 9.17) is 26.8 Å². The molecule has 1 rings (SSSR count). The highest BCUT2D eigenvalue weighted by atomic mass is 35.5. The Morgan fingerprint density at radius 1 is 1.24 bits per heavy atom. The molecule has 0 spiro atoms. The van der Waals surface area contributed by atoms with Gasteiger partial charge in [0.05, 0.1) is 12.1 Å². The summed E-state index contributed by atoms with van der Waals surface area (Å²) >= 11 is 6.16. The van der Waals surface area contributed by atoms with Gasteiger partial charge >= 0.3 is 0 Å².